The van der Waals surface area contributed by atoms with Crippen molar-refractivity contribution in [1.29, 1.82) is 0 Å². The fourth-order valence-corrected chi connectivity index (χ4v) is 6.48. The molecule has 0 spiro atoms. The number of hydrogen-bond donors (Lipinski definition) is 3. The van der Waals surface area contributed by atoms with Gasteiger partial charge in [-0.15, -0.1) is 16.9 Å². The first-order chi connectivity index (χ1) is 16.6. The molecule has 18 heteroatoms. The van der Waals surface area contributed by atoms with Crippen LogP contribution in [0.2, 0.25) is 0 Å². The fourth-order valence-electron chi connectivity index (χ4n) is 3.34. The average Bonchev–Trinajstić information content (AvgIpc) is 3.43. The van der Waals surface area contributed by atoms with Crippen molar-refractivity contribution in [2.75, 3.05) is 23.8 Å². The van der Waals surface area contributed by atoms with E-state index in [1.54, 1.807) is 20.9 Å². The van der Waals surface area contributed by atoms with E-state index in [4.69, 9.17) is 10.6 Å². The highest BCUT2D eigenvalue weighted by Crippen LogP contribution is 2.44. The molecule has 2 amide bonds. The minimum Gasteiger partial charge on any atom is -0.481 e. The molecular weight excluding hydrogens is 520 g/mol. The molecule has 2 saturated heterocycles. The lowest BCUT2D eigenvalue weighted by atomic mass is 9.89. The van der Waals surface area contributed by atoms with E-state index in [1.807, 2.05) is 0 Å². The summed E-state index contributed by atoms with van der Waals surface area (Å²) in [7, 11) is 1.66. The van der Waals surface area contributed by atoms with E-state index in [2.05, 4.69) is 35.4 Å². The number of aliphatic carboxylic acids is 1. The number of rotatable bonds is 9. The number of nitrogens with one attached hydrogen (secondary N) is 1. The Hall–Kier alpha value is -2.99. The quantitative estimate of drug-likeness (QED) is 0.151. The summed E-state index contributed by atoms with van der Waals surface area (Å²) in [5.74, 6) is -1.69. The molecule has 2 aromatic rings. The predicted molar refractivity (Wildman–Crippen MR) is 127 cm³/mol. The molecule has 2 aliphatic rings. The molecule has 2 fully saturated rings. The van der Waals surface area contributed by atoms with Gasteiger partial charge in [-0.25, -0.2) is 4.68 Å². The number of hydrogen-bond acceptors (Lipinski definition) is 14. The number of nitrogens with two attached hydrogens (primary N) is 1. The number of carbonyl (C=O) groups excluding carboxylic acids is 2. The number of carboxylic acid groups (broad SMARTS) is 1. The maximum atomic E-state index is 13.0. The van der Waals surface area contributed by atoms with E-state index in [-0.39, 0.29) is 46.7 Å². The lowest BCUT2D eigenvalue weighted by Gasteiger charge is -2.53. The first-order valence-electron chi connectivity index (χ1n) is 10.3. The van der Waals surface area contributed by atoms with Gasteiger partial charge in [-0.05, 0) is 24.3 Å². The van der Waals surface area contributed by atoms with E-state index in [9.17, 15) is 19.5 Å². The van der Waals surface area contributed by atoms with Crippen molar-refractivity contribution in [3.05, 3.63) is 5.82 Å². The molecule has 188 valence electrons. The van der Waals surface area contributed by atoms with Crippen molar-refractivity contribution >= 4 is 63.7 Å². The molecule has 0 aliphatic carbocycles. The van der Waals surface area contributed by atoms with Crippen LogP contribution < -0.4 is 11.1 Å². The predicted octanol–water partition coefficient (Wildman–Crippen LogP) is -0.964. The summed E-state index contributed by atoms with van der Waals surface area (Å²) in [5.41, 5.74) is 4.23. The van der Waals surface area contributed by atoms with Crippen molar-refractivity contribution in [1.82, 2.24) is 39.8 Å². The molecule has 0 saturated carbocycles. The second-order valence-corrected chi connectivity index (χ2v) is 11.0. The molecule has 35 heavy (non-hydrogen) atoms. The van der Waals surface area contributed by atoms with Crippen LogP contribution >= 0.6 is 35.1 Å². The zero-order chi connectivity index (χ0) is 25.3. The zero-order valence-corrected chi connectivity index (χ0v) is 21.3. The number of carbonyl (C=O) groups is 3. The molecule has 15 nitrogen and oxygen atoms in total. The second kappa shape index (κ2) is 9.94. The number of nitrogens with zero attached hydrogens (tertiary/aromatic N) is 8. The van der Waals surface area contributed by atoms with Gasteiger partial charge in [0.2, 0.25) is 22.6 Å². The molecule has 0 radical (unpaired) electrons. The Labute approximate surface area is 211 Å². The second-order valence-electron chi connectivity index (χ2n) is 8.13. The van der Waals surface area contributed by atoms with Gasteiger partial charge >= 0.3 is 5.97 Å². The minimum atomic E-state index is -1.19. The van der Waals surface area contributed by atoms with Gasteiger partial charge in [-0.1, -0.05) is 16.9 Å². The van der Waals surface area contributed by atoms with Gasteiger partial charge in [0.1, 0.15) is 22.9 Å². The van der Waals surface area contributed by atoms with Crippen LogP contribution in [0.15, 0.2) is 10.3 Å². The van der Waals surface area contributed by atoms with Gasteiger partial charge < -0.3 is 25.9 Å². The number of carboxylic acids is 1. The Morgan fingerprint density at radius 1 is 1.46 bits per heavy atom. The van der Waals surface area contributed by atoms with Crippen LogP contribution in [0.5, 0.6) is 0 Å². The van der Waals surface area contributed by atoms with Gasteiger partial charge in [-0.2, -0.15) is 9.36 Å². The number of anilines is 1. The zero-order valence-electron chi connectivity index (χ0n) is 18.8. The maximum absolute atomic E-state index is 13.0. The van der Waals surface area contributed by atoms with E-state index in [0.717, 1.165) is 11.5 Å². The van der Waals surface area contributed by atoms with E-state index >= 15 is 0 Å². The van der Waals surface area contributed by atoms with Gasteiger partial charge in [0, 0.05) is 36.6 Å². The molecule has 0 bridgehead atoms. The van der Waals surface area contributed by atoms with Crippen molar-refractivity contribution in [2.24, 2.45) is 17.6 Å². The van der Waals surface area contributed by atoms with Gasteiger partial charge in [0.05, 0.1) is 0 Å². The van der Waals surface area contributed by atoms with E-state index < -0.39 is 28.7 Å². The Kier molecular flexibility index (Phi) is 7.13. The monoisotopic (exact) mass is 542 g/mol. The third-order valence-electron chi connectivity index (χ3n) is 5.17. The third-order valence-corrected chi connectivity index (χ3v) is 8.60. The largest absolute Gasteiger partial charge is 0.481 e. The smallest absolute Gasteiger partial charge is 0.313 e. The number of thioether (sulfide) groups is 2. The summed E-state index contributed by atoms with van der Waals surface area (Å²) >= 11 is 3.40. The summed E-state index contributed by atoms with van der Waals surface area (Å²) in [6.07, 6.45) is -0.303. The molecule has 2 aliphatic heterocycles. The summed E-state index contributed by atoms with van der Waals surface area (Å²) in [5, 5.41) is 27.8. The van der Waals surface area contributed by atoms with Crippen LogP contribution in [0.3, 0.4) is 0 Å². The highest BCUT2D eigenvalue weighted by atomic mass is 32.2. The molecule has 4 rings (SSSR count). The Balaban J connectivity index is 1.44. The van der Waals surface area contributed by atoms with Crippen LogP contribution in [0.25, 0.3) is 0 Å². The minimum absolute atomic E-state index is 0.00503. The van der Waals surface area contributed by atoms with Crippen LogP contribution in [0.4, 0.5) is 5.13 Å². The number of aromatic nitrogens is 6. The van der Waals surface area contributed by atoms with Gasteiger partial charge in [-0.3, -0.25) is 14.4 Å². The standard InChI is InChI=1S/C17H22N10O5S3/c1-7(2)32-22-8(10-20-15(18)35-23-10)11(28)19-9-12(29)27-4-17(14(30)31,5-33-13(9)27)6-34-16-21-24-25-26(16)3/h7,9,13H,4-6H2,1-3H3,(H,19,28)(H,30,31)(H2,18,20,23)/t9?,13-,17?/m1/s1. The molecule has 0 aromatic carbocycles. The van der Waals surface area contributed by atoms with Gasteiger partial charge in [0.25, 0.3) is 5.91 Å². The lowest BCUT2D eigenvalue weighted by Crippen LogP contribution is -2.74. The number of fused-ring (bicyclic) bond motifs is 1. The van der Waals surface area contributed by atoms with E-state index in [0.29, 0.717) is 5.16 Å². The molecule has 3 atom stereocenters. The maximum Gasteiger partial charge on any atom is 0.313 e. The van der Waals surface area contributed by atoms with Crippen LogP contribution in [0, 0.1) is 5.41 Å². The summed E-state index contributed by atoms with van der Waals surface area (Å²) in [4.78, 5) is 48.7. The Morgan fingerprint density at radius 2 is 2.23 bits per heavy atom. The average molecular weight is 543 g/mol. The van der Waals surface area contributed by atoms with E-state index in [1.165, 1.54) is 33.1 Å². The summed E-state index contributed by atoms with van der Waals surface area (Å²) in [6.45, 7) is 3.48. The van der Waals surface area contributed by atoms with Crippen molar-refractivity contribution in [2.45, 2.75) is 36.5 Å². The first-order valence-corrected chi connectivity index (χ1v) is 13.1. The lowest BCUT2D eigenvalue weighted by molar-refractivity contribution is -0.157. The highest BCUT2D eigenvalue weighted by molar-refractivity contribution is 8.00. The fraction of sp³-hybridized carbons (Fsp3) is 0.588. The molecule has 4 N–H and O–H groups in total. The highest BCUT2D eigenvalue weighted by Gasteiger charge is 2.57. The van der Waals surface area contributed by atoms with Gasteiger partial charge in [0.15, 0.2) is 5.13 Å². The number of tetrazole rings is 1. The number of β-lactam (4-membered cyclic amide) rings is 1. The normalized spacial score (nSPS) is 24.2. The van der Waals surface area contributed by atoms with Crippen LogP contribution in [0.1, 0.15) is 19.7 Å². The Bertz CT molecular complexity index is 1170. The molecular formula is C17H22N10O5S3. The number of nitrogen functional groups attached to an aromatic ring is 1. The number of oxime groups is 1. The van der Waals surface area contributed by atoms with Crippen molar-refractivity contribution < 1.29 is 24.3 Å². The molecule has 4 heterocycles. The molecule has 2 unspecified atom stereocenters. The summed E-state index contributed by atoms with van der Waals surface area (Å²) in [6, 6.07) is -0.852. The molecule has 2 aromatic heterocycles. The Morgan fingerprint density at radius 3 is 2.83 bits per heavy atom. The first kappa shape index (κ1) is 25.1. The third kappa shape index (κ3) is 5.03. The topological polar surface area (TPSA) is 204 Å². The van der Waals surface area contributed by atoms with Crippen molar-refractivity contribution in [3.8, 4) is 0 Å². The summed E-state index contributed by atoms with van der Waals surface area (Å²) < 4.78 is 5.45. The van der Waals surface area contributed by atoms with Crippen LogP contribution in [-0.2, 0) is 26.3 Å². The van der Waals surface area contributed by atoms with Crippen LogP contribution in [-0.4, -0.2) is 98.6 Å². The SMILES string of the molecule is CC(C)ON=C(C(=O)NC1C(=O)N2CC(CSc3nnnn3C)(C(=O)O)CS[C@H]12)c1nsc(N)n1. The van der Waals surface area contributed by atoms with Crippen molar-refractivity contribution in [3.63, 3.8) is 0 Å². The number of aryl methyl sites for hydroxylation is 1. The number of amides is 2.